The predicted molar refractivity (Wildman–Crippen MR) is 87.7 cm³/mol. The standard InChI is InChI=1S/C15H14BrClN2O2/c1-21-12-4-2-3-11(17)13(12)14(15(18)20)19-10-7-5-9(16)6-8-10/h2-8,14,19H,1H3,(H2,18,20). The van der Waals surface area contributed by atoms with E-state index in [1.807, 2.05) is 24.3 Å². The molecule has 2 rings (SSSR count). The van der Waals surface area contributed by atoms with Gasteiger partial charge >= 0.3 is 0 Å². The highest BCUT2D eigenvalue weighted by Gasteiger charge is 2.24. The van der Waals surface area contributed by atoms with Crippen molar-refractivity contribution in [2.45, 2.75) is 6.04 Å². The molecule has 0 aliphatic heterocycles. The maximum absolute atomic E-state index is 11.8. The Labute approximate surface area is 136 Å². The molecule has 0 bridgehead atoms. The Morgan fingerprint density at radius 3 is 2.52 bits per heavy atom. The summed E-state index contributed by atoms with van der Waals surface area (Å²) in [6.45, 7) is 0. The van der Waals surface area contributed by atoms with Gasteiger partial charge in [-0.2, -0.15) is 0 Å². The first-order chi connectivity index (χ1) is 10.0. The number of nitrogens with two attached hydrogens (primary N) is 1. The molecule has 1 unspecified atom stereocenters. The lowest BCUT2D eigenvalue weighted by atomic mass is 10.0. The highest BCUT2D eigenvalue weighted by molar-refractivity contribution is 9.10. The second kappa shape index (κ2) is 6.83. The van der Waals surface area contributed by atoms with E-state index in [0.717, 1.165) is 10.2 Å². The van der Waals surface area contributed by atoms with Crippen molar-refractivity contribution in [3.05, 3.63) is 57.5 Å². The number of carbonyl (C=O) groups is 1. The van der Waals surface area contributed by atoms with Gasteiger partial charge in [-0.1, -0.05) is 33.6 Å². The first kappa shape index (κ1) is 15.7. The molecular weight excluding hydrogens is 356 g/mol. The molecule has 6 heteroatoms. The number of ether oxygens (including phenoxy) is 1. The van der Waals surface area contributed by atoms with E-state index in [1.165, 1.54) is 7.11 Å². The van der Waals surface area contributed by atoms with Gasteiger partial charge in [-0.25, -0.2) is 0 Å². The van der Waals surface area contributed by atoms with Crippen LogP contribution in [0.1, 0.15) is 11.6 Å². The highest BCUT2D eigenvalue weighted by Crippen LogP contribution is 2.34. The van der Waals surface area contributed by atoms with E-state index in [-0.39, 0.29) is 0 Å². The van der Waals surface area contributed by atoms with Crippen LogP contribution in [0.4, 0.5) is 5.69 Å². The number of benzene rings is 2. The zero-order valence-electron chi connectivity index (χ0n) is 11.3. The summed E-state index contributed by atoms with van der Waals surface area (Å²) in [5.41, 5.74) is 6.79. The van der Waals surface area contributed by atoms with Crippen molar-refractivity contribution in [3.63, 3.8) is 0 Å². The van der Waals surface area contributed by atoms with Crippen LogP contribution in [0.3, 0.4) is 0 Å². The molecule has 0 radical (unpaired) electrons. The van der Waals surface area contributed by atoms with E-state index < -0.39 is 11.9 Å². The van der Waals surface area contributed by atoms with Gasteiger partial charge in [0.2, 0.25) is 5.91 Å². The van der Waals surface area contributed by atoms with Gasteiger partial charge in [-0.3, -0.25) is 4.79 Å². The predicted octanol–water partition coefficient (Wildman–Crippen LogP) is 3.75. The van der Waals surface area contributed by atoms with Gasteiger partial charge in [-0.05, 0) is 36.4 Å². The van der Waals surface area contributed by atoms with E-state index >= 15 is 0 Å². The molecule has 0 fully saturated rings. The number of hydrogen-bond donors (Lipinski definition) is 2. The van der Waals surface area contributed by atoms with E-state index in [1.54, 1.807) is 18.2 Å². The quantitative estimate of drug-likeness (QED) is 0.843. The molecule has 1 amide bonds. The molecule has 0 heterocycles. The van der Waals surface area contributed by atoms with Gasteiger partial charge in [0.15, 0.2) is 0 Å². The average molecular weight is 370 g/mol. The van der Waals surface area contributed by atoms with Crippen LogP contribution in [0.2, 0.25) is 5.02 Å². The summed E-state index contributed by atoms with van der Waals surface area (Å²) in [6, 6.07) is 11.8. The zero-order chi connectivity index (χ0) is 15.4. The van der Waals surface area contributed by atoms with Crippen LogP contribution in [-0.4, -0.2) is 13.0 Å². The lowest BCUT2D eigenvalue weighted by molar-refractivity contribution is -0.118. The number of amides is 1. The number of primary amides is 1. The molecule has 0 aromatic heterocycles. The average Bonchev–Trinajstić information content (AvgIpc) is 2.46. The van der Waals surface area contributed by atoms with Crippen molar-refractivity contribution in [1.82, 2.24) is 0 Å². The van der Waals surface area contributed by atoms with Gasteiger partial charge in [0.05, 0.1) is 12.1 Å². The summed E-state index contributed by atoms with van der Waals surface area (Å²) < 4.78 is 6.22. The minimum absolute atomic E-state index is 0.419. The maximum Gasteiger partial charge on any atom is 0.244 e. The van der Waals surface area contributed by atoms with E-state index in [4.69, 9.17) is 22.1 Å². The van der Waals surface area contributed by atoms with Crippen LogP contribution < -0.4 is 15.8 Å². The molecule has 1 atom stereocenters. The first-order valence-electron chi connectivity index (χ1n) is 6.16. The summed E-state index contributed by atoms with van der Waals surface area (Å²) in [4.78, 5) is 11.8. The van der Waals surface area contributed by atoms with E-state index in [2.05, 4.69) is 21.2 Å². The van der Waals surface area contributed by atoms with Crippen LogP contribution in [0.5, 0.6) is 5.75 Å². The molecule has 4 nitrogen and oxygen atoms in total. The Hall–Kier alpha value is -1.72. The summed E-state index contributed by atoms with van der Waals surface area (Å²) >= 11 is 9.56. The number of nitrogens with one attached hydrogen (secondary N) is 1. The Morgan fingerprint density at radius 2 is 1.95 bits per heavy atom. The van der Waals surface area contributed by atoms with Gasteiger partial charge in [0, 0.05) is 15.7 Å². The van der Waals surface area contributed by atoms with Gasteiger partial charge < -0.3 is 15.8 Å². The van der Waals surface area contributed by atoms with Crippen LogP contribution in [0, 0.1) is 0 Å². The molecule has 0 aliphatic rings. The van der Waals surface area contributed by atoms with E-state index in [9.17, 15) is 4.79 Å². The largest absolute Gasteiger partial charge is 0.496 e. The fourth-order valence-electron chi connectivity index (χ4n) is 1.97. The van der Waals surface area contributed by atoms with Crippen molar-refractivity contribution >= 4 is 39.1 Å². The zero-order valence-corrected chi connectivity index (χ0v) is 13.6. The smallest absolute Gasteiger partial charge is 0.244 e. The molecule has 0 saturated carbocycles. The Bertz CT molecular complexity index is 647. The molecule has 110 valence electrons. The second-order valence-corrected chi connectivity index (χ2v) is 5.67. The fraction of sp³-hybridized carbons (Fsp3) is 0.133. The summed E-state index contributed by atoms with van der Waals surface area (Å²) in [7, 11) is 1.52. The van der Waals surface area contributed by atoms with Crippen molar-refractivity contribution in [2.75, 3.05) is 12.4 Å². The first-order valence-corrected chi connectivity index (χ1v) is 7.34. The van der Waals surface area contributed by atoms with Crippen LogP contribution in [0.25, 0.3) is 0 Å². The minimum Gasteiger partial charge on any atom is -0.496 e. The second-order valence-electron chi connectivity index (χ2n) is 4.34. The number of carbonyl (C=O) groups excluding carboxylic acids is 1. The monoisotopic (exact) mass is 368 g/mol. The maximum atomic E-state index is 11.8. The number of halogens is 2. The van der Waals surface area contributed by atoms with Crippen LogP contribution in [-0.2, 0) is 4.79 Å². The van der Waals surface area contributed by atoms with Gasteiger partial charge in [0.1, 0.15) is 11.8 Å². The number of hydrogen-bond acceptors (Lipinski definition) is 3. The SMILES string of the molecule is COc1cccc(Cl)c1C(Nc1ccc(Br)cc1)C(N)=O. The van der Waals surface area contributed by atoms with Gasteiger partial charge in [0.25, 0.3) is 0 Å². The highest BCUT2D eigenvalue weighted by atomic mass is 79.9. The number of rotatable bonds is 5. The summed E-state index contributed by atoms with van der Waals surface area (Å²) in [6.07, 6.45) is 0. The summed E-state index contributed by atoms with van der Waals surface area (Å²) in [5.74, 6) is -0.0276. The lowest BCUT2D eigenvalue weighted by Crippen LogP contribution is -2.28. The van der Waals surface area contributed by atoms with Gasteiger partial charge in [-0.15, -0.1) is 0 Å². The fourth-order valence-corrected chi connectivity index (χ4v) is 2.51. The Kier molecular flexibility index (Phi) is 5.09. The number of anilines is 1. The topological polar surface area (TPSA) is 64.3 Å². The van der Waals surface area contributed by atoms with Crippen molar-refractivity contribution in [3.8, 4) is 5.75 Å². The third-order valence-corrected chi connectivity index (χ3v) is 3.82. The van der Waals surface area contributed by atoms with E-state index in [0.29, 0.717) is 16.3 Å². The lowest BCUT2D eigenvalue weighted by Gasteiger charge is -2.20. The number of methoxy groups -OCH3 is 1. The minimum atomic E-state index is -0.783. The molecule has 21 heavy (non-hydrogen) atoms. The molecule has 0 aliphatic carbocycles. The van der Waals surface area contributed by atoms with Crippen LogP contribution in [0.15, 0.2) is 46.9 Å². The molecule has 2 aromatic carbocycles. The molecule has 2 aromatic rings. The Morgan fingerprint density at radius 1 is 1.29 bits per heavy atom. The Balaban J connectivity index is 2.40. The normalized spacial score (nSPS) is 11.8. The molecule has 0 saturated heterocycles. The molecule has 3 N–H and O–H groups in total. The van der Waals surface area contributed by atoms with Crippen molar-refractivity contribution in [2.24, 2.45) is 5.73 Å². The summed E-state index contributed by atoms with van der Waals surface area (Å²) in [5, 5.41) is 3.50. The van der Waals surface area contributed by atoms with Crippen LogP contribution >= 0.6 is 27.5 Å². The molecule has 0 spiro atoms. The van der Waals surface area contributed by atoms with Crippen molar-refractivity contribution < 1.29 is 9.53 Å². The van der Waals surface area contributed by atoms with Crippen molar-refractivity contribution in [1.29, 1.82) is 0 Å². The third kappa shape index (κ3) is 3.68. The molecular formula is C15H14BrClN2O2. The third-order valence-electron chi connectivity index (χ3n) is 2.96.